The van der Waals surface area contributed by atoms with Crippen LogP contribution in [0.2, 0.25) is 0 Å². The number of aromatic nitrogens is 6. The van der Waals surface area contributed by atoms with Crippen molar-refractivity contribution in [1.82, 2.24) is 27.4 Å². The molecule has 0 aliphatic rings. The monoisotopic (exact) mass is 1400 g/mol. The van der Waals surface area contributed by atoms with Crippen molar-refractivity contribution in [1.29, 1.82) is 21.0 Å². The van der Waals surface area contributed by atoms with Gasteiger partial charge in [0.15, 0.2) is 0 Å². The molecule has 16 aromatic carbocycles. The molecule has 0 aliphatic heterocycles. The number of nitrogens with zero attached hydrogens (tertiary/aromatic N) is 10. The molecule has 22 rings (SSSR count). The van der Waals surface area contributed by atoms with Crippen LogP contribution in [0.25, 0.3) is 198 Å². The van der Waals surface area contributed by atoms with Crippen LogP contribution in [-0.4, -0.2) is 27.4 Å². The highest BCUT2D eigenvalue weighted by Crippen LogP contribution is 2.54. The maximum absolute atomic E-state index is 13.0. The molecule has 0 saturated carbocycles. The fraction of sp³-hybridized carbons (Fsp3) is 0. The average molecular weight is 1400 g/mol. The Kier molecular flexibility index (Phi) is 13.4. The van der Waals surface area contributed by atoms with Gasteiger partial charge in [-0.05, 0) is 174 Å². The number of hydrogen-bond donors (Lipinski definition) is 0. The molecule has 22 aromatic rings. The summed E-state index contributed by atoms with van der Waals surface area (Å²) in [5.41, 5.74) is 23.2. The van der Waals surface area contributed by atoms with E-state index in [-0.39, 0.29) is 0 Å². The van der Waals surface area contributed by atoms with Gasteiger partial charge in [-0.3, -0.25) is 0 Å². The van der Waals surface area contributed by atoms with Gasteiger partial charge in [-0.2, -0.15) is 21.0 Å². The molecule has 110 heavy (non-hydrogen) atoms. The van der Waals surface area contributed by atoms with Crippen LogP contribution in [0.5, 0.6) is 0 Å². The second kappa shape index (κ2) is 23.9. The smallest absolute Gasteiger partial charge is 0.101 e. The molecular weight excluding hydrogens is 1340 g/mol. The van der Waals surface area contributed by atoms with Crippen LogP contribution < -0.4 is 0 Å². The summed E-state index contributed by atoms with van der Waals surface area (Å²) in [7, 11) is 0. The van der Waals surface area contributed by atoms with Crippen molar-refractivity contribution in [3.05, 3.63) is 362 Å². The summed E-state index contributed by atoms with van der Waals surface area (Å²) in [6.45, 7) is 0. The maximum Gasteiger partial charge on any atom is 0.101 e. The Morgan fingerprint density at radius 1 is 0.173 bits per heavy atom. The summed E-state index contributed by atoms with van der Waals surface area (Å²) >= 11 is 0. The van der Waals surface area contributed by atoms with Crippen LogP contribution in [0.15, 0.2) is 340 Å². The second-order valence-corrected chi connectivity index (χ2v) is 28.3. The Balaban J connectivity index is 0.941. The summed E-state index contributed by atoms with van der Waals surface area (Å²) < 4.78 is 14.2. The predicted octanol–water partition coefficient (Wildman–Crippen LogP) is 24.8. The van der Waals surface area contributed by atoms with Crippen molar-refractivity contribution in [3.63, 3.8) is 0 Å². The average Bonchev–Trinajstić information content (AvgIpc) is 1.43. The molecule has 0 N–H and O–H groups in total. The second-order valence-electron chi connectivity index (χ2n) is 28.3. The van der Waals surface area contributed by atoms with E-state index in [9.17, 15) is 21.0 Å². The van der Waals surface area contributed by atoms with E-state index in [0.29, 0.717) is 55.9 Å². The van der Waals surface area contributed by atoms with E-state index in [4.69, 9.17) is 0 Å². The topological polar surface area (TPSA) is 125 Å². The van der Waals surface area contributed by atoms with Gasteiger partial charge in [0.1, 0.15) is 6.07 Å². The van der Waals surface area contributed by atoms with Gasteiger partial charge in [-0.15, -0.1) is 0 Å². The van der Waals surface area contributed by atoms with Gasteiger partial charge in [0, 0.05) is 104 Å². The highest BCUT2D eigenvalue weighted by atomic mass is 15.1. The minimum atomic E-state index is 0.361. The number of para-hydroxylation sites is 8. The normalized spacial score (nSPS) is 11.8. The lowest BCUT2D eigenvalue weighted by atomic mass is 9.83. The van der Waals surface area contributed by atoms with E-state index >= 15 is 0 Å². The first-order valence-corrected chi connectivity index (χ1v) is 36.7. The zero-order valence-corrected chi connectivity index (χ0v) is 58.8. The lowest BCUT2D eigenvalue weighted by Crippen LogP contribution is -2.11. The quantitative estimate of drug-likeness (QED) is 0.143. The molecular formula is C100H56N10. The Morgan fingerprint density at radius 2 is 0.373 bits per heavy atom. The summed E-state index contributed by atoms with van der Waals surface area (Å²) in [6.07, 6.45) is 0. The first-order chi connectivity index (χ1) is 54.4. The number of fused-ring (bicyclic) bond motifs is 18. The number of hydrogen-bond acceptors (Lipinski definition) is 4. The van der Waals surface area contributed by atoms with Crippen molar-refractivity contribution in [2.24, 2.45) is 0 Å². The van der Waals surface area contributed by atoms with Gasteiger partial charge in [0.25, 0.3) is 0 Å². The molecule has 0 amide bonds. The molecule has 0 unspecified atom stereocenters. The van der Waals surface area contributed by atoms with Crippen LogP contribution in [-0.2, 0) is 0 Å². The molecule has 10 heteroatoms. The molecule has 0 saturated heterocycles. The molecule has 0 aliphatic carbocycles. The van der Waals surface area contributed by atoms with Gasteiger partial charge in [0.05, 0.1) is 118 Å². The standard InChI is InChI=1S/C100H56N10/c101-57-61-33-39-64(40-34-61)96-83(60-104)97(65-41-35-62(58-102)36-42-65)100(110-94-51-47-69(107-88-29-13-5-21-75(88)76-22-6-14-30-89(76)107)55-81(94)82-56-70(48-52-95(82)110)108-90-31-15-7-23-77(90)78-24-8-16-32-91(78)108)98(66-43-37-63(59-103)38-44-66)99(96)109-92-49-45-67(105-84-25-9-1-17-71(84)72-18-2-10-26-85(72)105)53-79(92)80-54-68(46-50-93(80)109)106-86-27-11-3-19-73(86)74-20-4-12-28-87(74)106/h1-56H. The minimum absolute atomic E-state index is 0.361. The van der Waals surface area contributed by atoms with E-state index in [0.717, 1.165) is 165 Å². The molecule has 506 valence electrons. The van der Waals surface area contributed by atoms with Crippen molar-refractivity contribution < 1.29 is 0 Å². The Morgan fingerprint density at radius 3 is 0.582 bits per heavy atom. The Labute approximate surface area is 629 Å². The predicted molar refractivity (Wildman–Crippen MR) is 448 cm³/mol. The van der Waals surface area contributed by atoms with E-state index in [1.54, 1.807) is 0 Å². The summed E-state index contributed by atoms with van der Waals surface area (Å²) in [4.78, 5) is 0. The van der Waals surface area contributed by atoms with Crippen molar-refractivity contribution in [2.75, 3.05) is 0 Å². The van der Waals surface area contributed by atoms with Crippen LogP contribution >= 0.6 is 0 Å². The van der Waals surface area contributed by atoms with Gasteiger partial charge < -0.3 is 27.4 Å². The molecule has 0 spiro atoms. The highest BCUT2D eigenvalue weighted by Gasteiger charge is 2.34. The van der Waals surface area contributed by atoms with Gasteiger partial charge in [-0.25, -0.2) is 0 Å². The van der Waals surface area contributed by atoms with E-state index in [2.05, 4.69) is 319 Å². The van der Waals surface area contributed by atoms with Crippen molar-refractivity contribution >= 4 is 131 Å². The van der Waals surface area contributed by atoms with Crippen molar-refractivity contribution in [2.45, 2.75) is 0 Å². The van der Waals surface area contributed by atoms with Crippen LogP contribution in [0, 0.1) is 45.3 Å². The number of benzene rings is 16. The third-order valence-electron chi connectivity index (χ3n) is 22.7. The fourth-order valence-electron chi connectivity index (χ4n) is 18.1. The minimum Gasteiger partial charge on any atom is -0.309 e. The van der Waals surface area contributed by atoms with Gasteiger partial charge >= 0.3 is 0 Å². The number of rotatable bonds is 9. The molecule has 0 atom stereocenters. The van der Waals surface area contributed by atoms with Crippen LogP contribution in [0.1, 0.15) is 22.3 Å². The molecule has 0 bridgehead atoms. The maximum atomic E-state index is 13.0. The van der Waals surface area contributed by atoms with Gasteiger partial charge in [0.2, 0.25) is 0 Å². The third kappa shape index (κ3) is 8.88. The lowest BCUT2D eigenvalue weighted by molar-refractivity contribution is 1.13. The Bertz CT molecular complexity index is 6950. The zero-order valence-electron chi connectivity index (χ0n) is 58.8. The molecule has 0 radical (unpaired) electrons. The molecule has 6 aromatic heterocycles. The fourth-order valence-corrected chi connectivity index (χ4v) is 18.1. The summed E-state index contributed by atoms with van der Waals surface area (Å²) in [5, 5.41) is 58.0. The SMILES string of the molecule is N#Cc1ccc(-c2c(C#N)c(-c3ccc(C#N)cc3)c(-n3c4ccc(-n5c6ccccc6c6ccccc65)cc4c4cc(-n5c6ccccc6c6ccccc65)ccc43)c(-c3ccc(C#N)cc3)c2-n2c3ccc(-n4c5ccccc5c5ccccc54)cc3c3cc(-n4c5ccccc5c5ccccc54)ccc32)cc1. The first kappa shape index (κ1) is 61.7. The summed E-state index contributed by atoms with van der Waals surface area (Å²) in [6, 6.07) is 129. The van der Waals surface area contributed by atoms with E-state index in [1.807, 2.05) is 72.8 Å². The molecule has 0 fully saturated rings. The zero-order chi connectivity index (χ0) is 73.0. The number of nitriles is 4. The molecule has 6 heterocycles. The third-order valence-corrected chi connectivity index (χ3v) is 22.7. The first-order valence-electron chi connectivity index (χ1n) is 36.7. The molecule has 10 nitrogen and oxygen atoms in total. The highest BCUT2D eigenvalue weighted by molar-refractivity contribution is 6.19. The van der Waals surface area contributed by atoms with Gasteiger partial charge in [-0.1, -0.05) is 182 Å². The lowest BCUT2D eigenvalue weighted by Gasteiger charge is -2.28. The van der Waals surface area contributed by atoms with E-state index < -0.39 is 0 Å². The van der Waals surface area contributed by atoms with Crippen LogP contribution in [0.4, 0.5) is 0 Å². The Hall–Kier alpha value is -15.7. The van der Waals surface area contributed by atoms with Crippen molar-refractivity contribution in [3.8, 4) is 91.8 Å². The van der Waals surface area contributed by atoms with E-state index in [1.165, 1.54) is 0 Å². The van der Waals surface area contributed by atoms with Crippen LogP contribution in [0.3, 0.4) is 0 Å². The summed E-state index contributed by atoms with van der Waals surface area (Å²) in [5.74, 6) is 0. The largest absolute Gasteiger partial charge is 0.309 e.